The maximum Gasteiger partial charge on any atom is 0.258 e. The SMILES string of the molecule is Cc1cccc(OCC(=O)NCC(O)CC(C)C)c1C. The van der Waals surface area contributed by atoms with Crippen LogP contribution < -0.4 is 10.1 Å². The van der Waals surface area contributed by atoms with Gasteiger partial charge in [-0.1, -0.05) is 26.0 Å². The highest BCUT2D eigenvalue weighted by Crippen LogP contribution is 2.20. The third-order valence-electron chi connectivity index (χ3n) is 3.19. The van der Waals surface area contributed by atoms with Gasteiger partial charge in [0.05, 0.1) is 6.10 Å². The van der Waals surface area contributed by atoms with Crippen LogP contribution in [-0.2, 0) is 4.79 Å². The fraction of sp³-hybridized carbons (Fsp3) is 0.562. The molecule has 0 bridgehead atoms. The van der Waals surface area contributed by atoms with E-state index in [9.17, 15) is 9.90 Å². The fourth-order valence-corrected chi connectivity index (χ4v) is 1.93. The average molecular weight is 279 g/mol. The normalized spacial score (nSPS) is 12.3. The third kappa shape index (κ3) is 5.61. The van der Waals surface area contributed by atoms with Crippen LogP contribution in [-0.4, -0.2) is 30.3 Å². The molecular weight excluding hydrogens is 254 g/mol. The Balaban J connectivity index is 2.35. The van der Waals surface area contributed by atoms with Crippen LogP contribution in [0.4, 0.5) is 0 Å². The Morgan fingerprint density at radius 1 is 1.35 bits per heavy atom. The van der Waals surface area contributed by atoms with E-state index in [1.165, 1.54) is 0 Å². The lowest BCUT2D eigenvalue weighted by Crippen LogP contribution is -2.35. The molecule has 0 aliphatic rings. The molecule has 4 heteroatoms. The molecular formula is C16H25NO3. The molecule has 0 saturated carbocycles. The van der Waals surface area contributed by atoms with Gasteiger partial charge in [0.2, 0.25) is 0 Å². The van der Waals surface area contributed by atoms with E-state index in [-0.39, 0.29) is 19.1 Å². The first-order chi connectivity index (χ1) is 9.40. The summed E-state index contributed by atoms with van der Waals surface area (Å²) in [6.07, 6.45) is 0.178. The van der Waals surface area contributed by atoms with Gasteiger partial charge in [0.25, 0.3) is 5.91 Å². The summed E-state index contributed by atoms with van der Waals surface area (Å²) in [5.74, 6) is 0.921. The first-order valence-electron chi connectivity index (χ1n) is 7.04. The number of benzene rings is 1. The zero-order valence-electron chi connectivity index (χ0n) is 12.8. The fourth-order valence-electron chi connectivity index (χ4n) is 1.93. The Kier molecular flexibility index (Phi) is 6.52. The zero-order valence-corrected chi connectivity index (χ0v) is 12.8. The molecule has 0 radical (unpaired) electrons. The topological polar surface area (TPSA) is 58.6 Å². The summed E-state index contributed by atoms with van der Waals surface area (Å²) in [6, 6.07) is 5.76. The van der Waals surface area contributed by atoms with E-state index >= 15 is 0 Å². The first kappa shape index (κ1) is 16.5. The summed E-state index contributed by atoms with van der Waals surface area (Å²) in [5.41, 5.74) is 2.18. The summed E-state index contributed by atoms with van der Waals surface area (Å²) in [6.45, 7) is 8.29. The van der Waals surface area contributed by atoms with Crippen molar-refractivity contribution in [1.82, 2.24) is 5.32 Å². The number of hydrogen-bond acceptors (Lipinski definition) is 3. The van der Waals surface area contributed by atoms with Gasteiger partial charge in [-0.25, -0.2) is 0 Å². The molecule has 1 unspecified atom stereocenters. The van der Waals surface area contributed by atoms with Crippen LogP contribution in [0.1, 0.15) is 31.4 Å². The number of aryl methyl sites for hydroxylation is 1. The van der Waals surface area contributed by atoms with Gasteiger partial charge in [-0.3, -0.25) is 4.79 Å². The predicted octanol–water partition coefficient (Wildman–Crippen LogP) is 2.21. The molecule has 0 aromatic heterocycles. The van der Waals surface area contributed by atoms with Gasteiger partial charge >= 0.3 is 0 Å². The van der Waals surface area contributed by atoms with Gasteiger partial charge in [0, 0.05) is 6.54 Å². The Morgan fingerprint density at radius 3 is 2.70 bits per heavy atom. The molecule has 20 heavy (non-hydrogen) atoms. The highest BCUT2D eigenvalue weighted by Gasteiger charge is 2.10. The van der Waals surface area contributed by atoms with Crippen LogP contribution in [0, 0.1) is 19.8 Å². The number of amides is 1. The molecule has 0 aliphatic carbocycles. The minimum absolute atomic E-state index is 0.0291. The Hall–Kier alpha value is -1.55. The van der Waals surface area contributed by atoms with E-state index in [0.717, 1.165) is 16.9 Å². The van der Waals surface area contributed by atoms with E-state index in [2.05, 4.69) is 5.32 Å². The van der Waals surface area contributed by atoms with Crippen LogP contribution >= 0.6 is 0 Å². The van der Waals surface area contributed by atoms with Crippen molar-refractivity contribution in [3.05, 3.63) is 29.3 Å². The van der Waals surface area contributed by atoms with Crippen molar-refractivity contribution in [3.63, 3.8) is 0 Å². The van der Waals surface area contributed by atoms with Gasteiger partial charge in [0.1, 0.15) is 5.75 Å². The second kappa shape index (κ2) is 7.90. The van der Waals surface area contributed by atoms with Crippen molar-refractivity contribution in [2.24, 2.45) is 5.92 Å². The summed E-state index contributed by atoms with van der Waals surface area (Å²) in [5, 5.41) is 12.4. The van der Waals surface area contributed by atoms with Gasteiger partial charge < -0.3 is 15.2 Å². The lowest BCUT2D eigenvalue weighted by Gasteiger charge is -2.14. The van der Waals surface area contributed by atoms with Crippen molar-refractivity contribution >= 4 is 5.91 Å². The smallest absolute Gasteiger partial charge is 0.258 e. The number of nitrogens with one attached hydrogen (secondary N) is 1. The molecule has 0 spiro atoms. The van der Waals surface area contributed by atoms with Crippen LogP contribution in [0.2, 0.25) is 0 Å². The van der Waals surface area contributed by atoms with Crippen molar-refractivity contribution < 1.29 is 14.6 Å². The number of aliphatic hydroxyl groups is 1. The summed E-state index contributed by atoms with van der Waals surface area (Å²) < 4.78 is 5.50. The van der Waals surface area contributed by atoms with Gasteiger partial charge in [-0.05, 0) is 43.4 Å². The molecule has 0 heterocycles. The molecule has 1 atom stereocenters. The molecule has 1 aromatic rings. The summed E-state index contributed by atoms with van der Waals surface area (Å²) in [7, 11) is 0. The second-order valence-corrected chi connectivity index (χ2v) is 5.57. The van der Waals surface area contributed by atoms with Crippen molar-refractivity contribution in [2.45, 2.75) is 40.2 Å². The Bertz CT molecular complexity index is 443. The molecule has 112 valence electrons. The quantitative estimate of drug-likeness (QED) is 0.804. The lowest BCUT2D eigenvalue weighted by molar-refractivity contribution is -0.123. The molecule has 0 saturated heterocycles. The van der Waals surface area contributed by atoms with E-state index < -0.39 is 6.10 Å². The number of hydrogen-bond donors (Lipinski definition) is 2. The van der Waals surface area contributed by atoms with E-state index in [4.69, 9.17) is 4.74 Å². The van der Waals surface area contributed by atoms with Crippen LogP contribution in [0.25, 0.3) is 0 Å². The number of rotatable bonds is 7. The Labute approximate surface area is 121 Å². The highest BCUT2D eigenvalue weighted by molar-refractivity contribution is 5.77. The van der Waals surface area contributed by atoms with E-state index in [0.29, 0.717) is 12.3 Å². The number of aliphatic hydroxyl groups excluding tert-OH is 1. The van der Waals surface area contributed by atoms with Crippen molar-refractivity contribution in [2.75, 3.05) is 13.2 Å². The third-order valence-corrected chi connectivity index (χ3v) is 3.19. The van der Waals surface area contributed by atoms with Gasteiger partial charge in [-0.2, -0.15) is 0 Å². The minimum atomic E-state index is -0.500. The van der Waals surface area contributed by atoms with Crippen molar-refractivity contribution in [1.29, 1.82) is 0 Å². The molecule has 4 nitrogen and oxygen atoms in total. The monoisotopic (exact) mass is 279 g/mol. The van der Waals surface area contributed by atoms with Gasteiger partial charge in [-0.15, -0.1) is 0 Å². The average Bonchev–Trinajstić information content (AvgIpc) is 2.37. The minimum Gasteiger partial charge on any atom is -0.483 e. The maximum absolute atomic E-state index is 11.7. The second-order valence-electron chi connectivity index (χ2n) is 5.57. The summed E-state index contributed by atoms with van der Waals surface area (Å²) in [4.78, 5) is 11.7. The standard InChI is InChI=1S/C16H25NO3/c1-11(2)8-14(18)9-17-16(19)10-20-15-7-5-6-12(3)13(15)4/h5-7,11,14,18H,8-10H2,1-4H3,(H,17,19). The van der Waals surface area contributed by atoms with Crippen LogP contribution in [0.3, 0.4) is 0 Å². The molecule has 0 aliphatic heterocycles. The highest BCUT2D eigenvalue weighted by atomic mass is 16.5. The molecule has 0 fully saturated rings. The Morgan fingerprint density at radius 2 is 2.05 bits per heavy atom. The molecule has 1 amide bonds. The molecule has 1 rings (SSSR count). The number of ether oxygens (including phenoxy) is 1. The lowest BCUT2D eigenvalue weighted by atomic mass is 10.1. The van der Waals surface area contributed by atoms with Crippen molar-refractivity contribution in [3.8, 4) is 5.75 Å². The summed E-state index contributed by atoms with van der Waals surface area (Å²) >= 11 is 0. The first-order valence-corrected chi connectivity index (χ1v) is 7.04. The van der Waals surface area contributed by atoms with E-state index in [1.54, 1.807) is 0 Å². The van der Waals surface area contributed by atoms with Gasteiger partial charge in [0.15, 0.2) is 6.61 Å². The largest absolute Gasteiger partial charge is 0.483 e. The van der Waals surface area contributed by atoms with Crippen LogP contribution in [0.15, 0.2) is 18.2 Å². The zero-order chi connectivity index (χ0) is 15.1. The van der Waals surface area contributed by atoms with E-state index in [1.807, 2.05) is 45.9 Å². The number of carbonyl (C=O) groups excluding carboxylic acids is 1. The maximum atomic E-state index is 11.7. The number of carbonyl (C=O) groups is 1. The van der Waals surface area contributed by atoms with Crippen LogP contribution in [0.5, 0.6) is 5.75 Å². The molecule has 2 N–H and O–H groups in total. The molecule has 1 aromatic carbocycles. The predicted molar refractivity (Wildman–Crippen MR) is 79.9 cm³/mol.